The molecule has 2 heterocycles. The van der Waals surface area contributed by atoms with E-state index < -0.39 is 0 Å². The zero-order valence-electron chi connectivity index (χ0n) is 18.2. The van der Waals surface area contributed by atoms with E-state index in [9.17, 15) is 13.6 Å². The van der Waals surface area contributed by atoms with Gasteiger partial charge in [-0.15, -0.1) is 12.4 Å². The number of anilines is 2. The summed E-state index contributed by atoms with van der Waals surface area (Å²) in [6.07, 6.45) is 2.45. The molecule has 2 aromatic carbocycles. The van der Waals surface area contributed by atoms with E-state index >= 15 is 0 Å². The molecule has 0 aliphatic carbocycles. The number of nitrogens with zero attached hydrogens (tertiary/aromatic N) is 2. The number of piperidine rings is 1. The summed E-state index contributed by atoms with van der Waals surface area (Å²) in [6, 6.07) is 11.8. The van der Waals surface area contributed by atoms with Crippen molar-refractivity contribution in [1.29, 1.82) is 0 Å². The molecular weight excluding hydrogens is 436 g/mol. The Kier molecular flexibility index (Phi) is 8.32. The first-order chi connectivity index (χ1) is 15.1. The minimum Gasteiger partial charge on any atom is -0.450 e. The van der Waals surface area contributed by atoms with Gasteiger partial charge in [-0.2, -0.15) is 0 Å². The van der Waals surface area contributed by atoms with Gasteiger partial charge >= 0.3 is 6.09 Å². The van der Waals surface area contributed by atoms with Gasteiger partial charge in [-0.1, -0.05) is 0 Å². The van der Waals surface area contributed by atoms with Crippen molar-refractivity contribution < 1.29 is 18.3 Å². The van der Waals surface area contributed by atoms with E-state index in [0.717, 1.165) is 55.8 Å². The van der Waals surface area contributed by atoms with Gasteiger partial charge in [0.25, 0.3) is 0 Å². The highest BCUT2D eigenvalue weighted by atomic mass is 35.5. The molecule has 1 unspecified atom stereocenters. The number of rotatable bonds is 7. The average molecular weight is 466 g/mol. The molecule has 2 aliphatic heterocycles. The summed E-state index contributed by atoms with van der Waals surface area (Å²) in [5.41, 5.74) is 2.99. The third-order valence-corrected chi connectivity index (χ3v) is 6.19. The van der Waals surface area contributed by atoms with Crippen LogP contribution in [0.3, 0.4) is 0 Å². The average Bonchev–Trinajstić information content (AvgIpc) is 3.07. The molecule has 1 fully saturated rings. The topological polar surface area (TPSA) is 44.8 Å². The Balaban J connectivity index is 0.00000289. The summed E-state index contributed by atoms with van der Waals surface area (Å²) < 4.78 is 32.4. The zero-order valence-corrected chi connectivity index (χ0v) is 19.0. The van der Waals surface area contributed by atoms with Crippen molar-refractivity contribution in [2.45, 2.75) is 38.1 Å². The molecule has 0 radical (unpaired) electrons. The lowest BCUT2D eigenvalue weighted by atomic mass is 9.89. The van der Waals surface area contributed by atoms with Crippen LogP contribution in [0.4, 0.5) is 25.0 Å². The lowest BCUT2D eigenvalue weighted by Gasteiger charge is -2.39. The van der Waals surface area contributed by atoms with Crippen LogP contribution in [0.15, 0.2) is 42.5 Å². The molecular formula is C24H30ClF2N3O2. The van der Waals surface area contributed by atoms with Gasteiger partial charge in [0.15, 0.2) is 0 Å². The highest BCUT2D eigenvalue weighted by Crippen LogP contribution is 2.48. The molecule has 2 aromatic rings. The number of halogens is 3. The van der Waals surface area contributed by atoms with Gasteiger partial charge in [-0.3, -0.25) is 0 Å². The molecule has 4 rings (SSSR count). The maximum atomic E-state index is 14.1. The van der Waals surface area contributed by atoms with E-state index in [-0.39, 0.29) is 42.1 Å². The lowest BCUT2D eigenvalue weighted by molar-refractivity contribution is 0.151. The largest absolute Gasteiger partial charge is 0.450 e. The number of benzene rings is 2. The standard InChI is InChI=1S/C24H29F2N3O2.ClH/c1-2-31-24(30)27-12-3-4-13-28-14-11-23-21(16-28)20-15-18(26)7-10-22(20)29(23)19-8-5-17(25)6-9-19;/h5-10,15,21,23H,2-4,11-14,16H2,1H3,(H,27,30);1H/t21?,23-;/m1./s1. The van der Waals surface area contributed by atoms with Crippen LogP contribution in [-0.4, -0.2) is 49.8 Å². The molecule has 0 aromatic heterocycles. The number of carbonyl (C=O) groups excluding carboxylic acids is 1. The van der Waals surface area contributed by atoms with Gasteiger partial charge in [0, 0.05) is 43.0 Å². The summed E-state index contributed by atoms with van der Waals surface area (Å²) in [5.74, 6) is -0.270. The van der Waals surface area contributed by atoms with Crippen molar-refractivity contribution in [3.8, 4) is 0 Å². The highest BCUT2D eigenvalue weighted by Gasteiger charge is 2.42. The predicted molar refractivity (Wildman–Crippen MR) is 124 cm³/mol. The Hall–Kier alpha value is -2.38. The molecule has 5 nitrogen and oxygen atoms in total. The van der Waals surface area contributed by atoms with Crippen LogP contribution in [-0.2, 0) is 4.74 Å². The minimum absolute atomic E-state index is 0. The number of ether oxygens (including phenoxy) is 1. The van der Waals surface area contributed by atoms with Crippen LogP contribution in [0.1, 0.15) is 37.7 Å². The first-order valence-electron chi connectivity index (χ1n) is 11.0. The third-order valence-electron chi connectivity index (χ3n) is 6.19. The zero-order chi connectivity index (χ0) is 21.8. The first kappa shape index (κ1) is 24.3. The molecule has 32 heavy (non-hydrogen) atoms. The van der Waals surface area contributed by atoms with Crippen LogP contribution < -0.4 is 10.2 Å². The number of amides is 1. The Bertz CT molecular complexity index is 913. The first-order valence-corrected chi connectivity index (χ1v) is 11.0. The van der Waals surface area contributed by atoms with Gasteiger partial charge in [0.1, 0.15) is 11.6 Å². The Morgan fingerprint density at radius 1 is 1.12 bits per heavy atom. The summed E-state index contributed by atoms with van der Waals surface area (Å²) in [5, 5.41) is 2.75. The normalized spacial score (nSPS) is 19.7. The molecule has 2 atom stereocenters. The fraction of sp³-hybridized carbons (Fsp3) is 0.458. The van der Waals surface area contributed by atoms with Crippen LogP contribution in [0.5, 0.6) is 0 Å². The SMILES string of the molecule is CCOC(=O)NCCCCN1CC[C@@H]2C(C1)c1cc(F)ccc1N2c1ccc(F)cc1.Cl. The van der Waals surface area contributed by atoms with Crippen molar-refractivity contribution in [2.75, 3.05) is 37.7 Å². The van der Waals surface area contributed by atoms with Gasteiger partial charge in [0.2, 0.25) is 0 Å². The molecule has 0 bridgehead atoms. The van der Waals surface area contributed by atoms with E-state index in [1.807, 2.05) is 6.07 Å². The van der Waals surface area contributed by atoms with Gasteiger partial charge < -0.3 is 19.9 Å². The van der Waals surface area contributed by atoms with Crippen molar-refractivity contribution in [3.05, 3.63) is 59.7 Å². The number of hydrogen-bond donors (Lipinski definition) is 1. The number of carbonyl (C=O) groups is 1. The second-order valence-electron chi connectivity index (χ2n) is 8.17. The predicted octanol–water partition coefficient (Wildman–Crippen LogP) is 5.22. The van der Waals surface area contributed by atoms with E-state index in [1.54, 1.807) is 25.1 Å². The van der Waals surface area contributed by atoms with Gasteiger partial charge in [-0.25, -0.2) is 13.6 Å². The molecule has 1 saturated heterocycles. The minimum atomic E-state index is -0.367. The quantitative estimate of drug-likeness (QED) is 0.569. The number of fused-ring (bicyclic) bond motifs is 3. The number of likely N-dealkylation sites (tertiary alicyclic amines) is 1. The second-order valence-corrected chi connectivity index (χ2v) is 8.17. The number of unbranched alkanes of at least 4 members (excludes halogenated alkanes) is 1. The second kappa shape index (κ2) is 11.0. The summed E-state index contributed by atoms with van der Waals surface area (Å²) in [4.78, 5) is 16.0. The fourth-order valence-electron chi connectivity index (χ4n) is 4.81. The Morgan fingerprint density at radius 3 is 2.62 bits per heavy atom. The summed E-state index contributed by atoms with van der Waals surface area (Å²) >= 11 is 0. The molecule has 8 heteroatoms. The lowest BCUT2D eigenvalue weighted by Crippen LogP contribution is -2.45. The Morgan fingerprint density at radius 2 is 1.88 bits per heavy atom. The third kappa shape index (κ3) is 5.33. The van der Waals surface area contributed by atoms with E-state index in [0.29, 0.717) is 13.2 Å². The number of nitrogens with one attached hydrogen (secondary N) is 1. The van der Waals surface area contributed by atoms with Crippen LogP contribution in [0.25, 0.3) is 0 Å². The van der Waals surface area contributed by atoms with Crippen LogP contribution in [0.2, 0.25) is 0 Å². The smallest absolute Gasteiger partial charge is 0.407 e. The van der Waals surface area contributed by atoms with E-state index in [4.69, 9.17) is 4.74 Å². The van der Waals surface area contributed by atoms with E-state index in [1.165, 1.54) is 18.2 Å². The Labute approximate surface area is 194 Å². The van der Waals surface area contributed by atoms with Gasteiger partial charge in [0.05, 0.1) is 6.61 Å². The van der Waals surface area contributed by atoms with Crippen LogP contribution >= 0.6 is 12.4 Å². The molecule has 2 aliphatic rings. The number of alkyl carbamates (subject to hydrolysis) is 1. The summed E-state index contributed by atoms with van der Waals surface area (Å²) in [7, 11) is 0. The number of hydrogen-bond acceptors (Lipinski definition) is 4. The molecule has 1 amide bonds. The molecule has 0 spiro atoms. The van der Waals surface area contributed by atoms with Crippen molar-refractivity contribution in [2.24, 2.45) is 0 Å². The van der Waals surface area contributed by atoms with Crippen LogP contribution in [0, 0.1) is 11.6 Å². The maximum Gasteiger partial charge on any atom is 0.407 e. The van der Waals surface area contributed by atoms with Gasteiger partial charge in [-0.05, 0) is 80.8 Å². The molecule has 174 valence electrons. The molecule has 1 N–H and O–H groups in total. The monoisotopic (exact) mass is 465 g/mol. The summed E-state index contributed by atoms with van der Waals surface area (Å²) in [6.45, 7) is 5.53. The molecule has 0 saturated carbocycles. The highest BCUT2D eigenvalue weighted by molar-refractivity contribution is 5.85. The van der Waals surface area contributed by atoms with Crippen molar-refractivity contribution >= 4 is 29.9 Å². The van der Waals surface area contributed by atoms with Crippen molar-refractivity contribution in [3.63, 3.8) is 0 Å². The van der Waals surface area contributed by atoms with Crippen molar-refractivity contribution in [1.82, 2.24) is 10.2 Å². The van der Waals surface area contributed by atoms with E-state index in [2.05, 4.69) is 15.1 Å². The fourth-order valence-corrected chi connectivity index (χ4v) is 4.81. The maximum absolute atomic E-state index is 14.1.